The summed E-state index contributed by atoms with van der Waals surface area (Å²) in [4.78, 5) is 15.0. The Kier molecular flexibility index (Phi) is 3.23. The predicted molar refractivity (Wildman–Crippen MR) is 60.2 cm³/mol. The van der Waals surface area contributed by atoms with Gasteiger partial charge in [-0.1, -0.05) is 6.58 Å². The van der Waals surface area contributed by atoms with Gasteiger partial charge in [-0.2, -0.15) is 0 Å². The number of esters is 1. The molecule has 1 aromatic rings. The van der Waals surface area contributed by atoms with Gasteiger partial charge in [-0.3, -0.25) is 4.99 Å². The molecule has 0 spiro atoms. The molecule has 0 heterocycles. The molecule has 0 radical (unpaired) electrons. The normalized spacial score (nSPS) is 9.40. The second-order valence-corrected chi connectivity index (χ2v) is 2.91. The number of nitrogens with two attached hydrogens (primary N) is 1. The number of aliphatic imine (C=N–C) groups is 1. The first kappa shape index (κ1) is 11.0. The Balaban J connectivity index is 3.27. The number of nitrogens with zero attached hydrogens (tertiary/aromatic N) is 1. The Bertz CT molecular complexity index is 425. The van der Waals surface area contributed by atoms with Gasteiger partial charge in [0, 0.05) is 11.3 Å². The Morgan fingerprint density at radius 2 is 2.20 bits per heavy atom. The molecule has 0 aliphatic carbocycles. The Hall–Kier alpha value is -2.10. The highest BCUT2D eigenvalue weighted by molar-refractivity contribution is 5.91. The van der Waals surface area contributed by atoms with Crippen molar-refractivity contribution in [3.05, 3.63) is 35.9 Å². The number of hydrogen-bond acceptors (Lipinski definition) is 4. The highest BCUT2D eigenvalue weighted by Crippen LogP contribution is 2.24. The van der Waals surface area contributed by atoms with Crippen LogP contribution in [-0.2, 0) is 4.74 Å². The molecule has 0 amide bonds. The fourth-order valence-corrected chi connectivity index (χ4v) is 1.18. The van der Waals surface area contributed by atoms with E-state index in [0.29, 0.717) is 22.5 Å². The van der Waals surface area contributed by atoms with E-state index in [1.54, 1.807) is 18.2 Å². The standard InChI is InChI=1S/C11H12N2O2/c1-7(12)9-6-8(11(14)15-3)4-5-10(9)13-2/h4-6H,1-2,12H2,3H3. The van der Waals surface area contributed by atoms with Crippen molar-refractivity contribution in [3.63, 3.8) is 0 Å². The molecule has 1 aromatic carbocycles. The van der Waals surface area contributed by atoms with E-state index >= 15 is 0 Å². The van der Waals surface area contributed by atoms with Gasteiger partial charge >= 0.3 is 5.97 Å². The maximum Gasteiger partial charge on any atom is 0.337 e. The molecule has 0 aliphatic heterocycles. The van der Waals surface area contributed by atoms with Gasteiger partial charge in [0.15, 0.2) is 0 Å². The van der Waals surface area contributed by atoms with Crippen LogP contribution in [0.4, 0.5) is 5.69 Å². The molecule has 4 heteroatoms. The zero-order chi connectivity index (χ0) is 11.4. The molecule has 2 N–H and O–H groups in total. The first-order valence-electron chi connectivity index (χ1n) is 4.24. The summed E-state index contributed by atoms with van der Waals surface area (Å²) in [6.45, 7) is 7.00. The highest BCUT2D eigenvalue weighted by Gasteiger charge is 2.09. The molecule has 4 nitrogen and oxygen atoms in total. The van der Waals surface area contributed by atoms with Crippen LogP contribution in [0.5, 0.6) is 0 Å². The number of carbonyl (C=O) groups excluding carboxylic acids is 1. The van der Waals surface area contributed by atoms with Crippen molar-refractivity contribution in [3.8, 4) is 0 Å². The Morgan fingerprint density at radius 1 is 1.53 bits per heavy atom. The number of ether oxygens (including phenoxy) is 1. The van der Waals surface area contributed by atoms with Crippen LogP contribution >= 0.6 is 0 Å². The summed E-state index contributed by atoms with van der Waals surface area (Å²) in [7, 11) is 1.32. The number of hydrogen-bond donors (Lipinski definition) is 1. The fraction of sp³-hybridized carbons (Fsp3) is 0.0909. The monoisotopic (exact) mass is 204 g/mol. The molecule has 15 heavy (non-hydrogen) atoms. The molecule has 0 fully saturated rings. The topological polar surface area (TPSA) is 64.7 Å². The van der Waals surface area contributed by atoms with E-state index in [0.717, 1.165) is 0 Å². The largest absolute Gasteiger partial charge is 0.465 e. The summed E-state index contributed by atoms with van der Waals surface area (Å²) >= 11 is 0. The van der Waals surface area contributed by atoms with Crippen LogP contribution < -0.4 is 5.73 Å². The SMILES string of the molecule is C=Nc1ccc(C(=O)OC)cc1C(=C)N. The van der Waals surface area contributed by atoms with Crippen LogP contribution in [0.3, 0.4) is 0 Å². The van der Waals surface area contributed by atoms with Crippen molar-refractivity contribution in [2.24, 2.45) is 10.7 Å². The molecule has 0 aliphatic rings. The van der Waals surface area contributed by atoms with Crippen LogP contribution in [-0.4, -0.2) is 19.8 Å². The average molecular weight is 204 g/mol. The van der Waals surface area contributed by atoms with Crippen molar-refractivity contribution < 1.29 is 9.53 Å². The molecule has 0 saturated heterocycles. The zero-order valence-electron chi connectivity index (χ0n) is 8.49. The average Bonchev–Trinajstić information content (AvgIpc) is 2.27. The molecule has 1 rings (SSSR count). The maximum absolute atomic E-state index is 11.2. The summed E-state index contributed by atoms with van der Waals surface area (Å²) in [5.41, 5.74) is 7.49. The lowest BCUT2D eigenvalue weighted by atomic mass is 10.1. The molecular formula is C11H12N2O2. The smallest absolute Gasteiger partial charge is 0.337 e. The third-order valence-corrected chi connectivity index (χ3v) is 1.93. The Morgan fingerprint density at radius 3 is 2.67 bits per heavy atom. The second-order valence-electron chi connectivity index (χ2n) is 2.91. The van der Waals surface area contributed by atoms with Crippen LogP contribution in [0.1, 0.15) is 15.9 Å². The van der Waals surface area contributed by atoms with Gasteiger partial charge in [0.05, 0.1) is 18.4 Å². The van der Waals surface area contributed by atoms with Gasteiger partial charge in [0.2, 0.25) is 0 Å². The van der Waals surface area contributed by atoms with Crippen molar-refractivity contribution in [1.29, 1.82) is 0 Å². The summed E-state index contributed by atoms with van der Waals surface area (Å²) in [6.07, 6.45) is 0. The minimum Gasteiger partial charge on any atom is -0.465 e. The lowest BCUT2D eigenvalue weighted by Gasteiger charge is -2.06. The van der Waals surface area contributed by atoms with E-state index in [2.05, 4.69) is 23.0 Å². The van der Waals surface area contributed by atoms with E-state index in [1.807, 2.05) is 0 Å². The number of methoxy groups -OCH3 is 1. The van der Waals surface area contributed by atoms with Crippen molar-refractivity contribution >= 4 is 24.1 Å². The van der Waals surface area contributed by atoms with Gasteiger partial charge in [0.25, 0.3) is 0 Å². The fourth-order valence-electron chi connectivity index (χ4n) is 1.18. The van der Waals surface area contributed by atoms with Gasteiger partial charge in [0.1, 0.15) is 0 Å². The summed E-state index contributed by atoms with van der Waals surface area (Å²) in [5, 5.41) is 0. The van der Waals surface area contributed by atoms with E-state index in [9.17, 15) is 4.79 Å². The highest BCUT2D eigenvalue weighted by atomic mass is 16.5. The molecule has 0 bridgehead atoms. The molecule has 0 aromatic heterocycles. The molecule has 0 atom stereocenters. The molecule has 0 unspecified atom stereocenters. The minimum absolute atomic E-state index is 0.336. The van der Waals surface area contributed by atoms with Gasteiger partial charge in [-0.25, -0.2) is 4.79 Å². The quantitative estimate of drug-likeness (QED) is 0.602. The van der Waals surface area contributed by atoms with Crippen LogP contribution in [0.15, 0.2) is 29.8 Å². The second kappa shape index (κ2) is 4.41. The summed E-state index contributed by atoms with van der Waals surface area (Å²) in [6, 6.07) is 4.83. The first-order valence-corrected chi connectivity index (χ1v) is 4.24. The first-order chi connectivity index (χ1) is 7.10. The van der Waals surface area contributed by atoms with Crippen molar-refractivity contribution in [2.45, 2.75) is 0 Å². The number of benzene rings is 1. The lowest BCUT2D eigenvalue weighted by molar-refractivity contribution is 0.0601. The molecule has 78 valence electrons. The summed E-state index contributed by atoms with van der Waals surface area (Å²) < 4.78 is 4.59. The van der Waals surface area contributed by atoms with E-state index in [1.165, 1.54) is 7.11 Å². The summed E-state index contributed by atoms with van der Waals surface area (Å²) in [5.74, 6) is -0.423. The Labute approximate surface area is 88.1 Å². The third kappa shape index (κ3) is 2.22. The maximum atomic E-state index is 11.2. The minimum atomic E-state index is -0.423. The number of rotatable bonds is 3. The number of carbonyl (C=O) groups is 1. The van der Waals surface area contributed by atoms with Crippen LogP contribution in [0.25, 0.3) is 5.70 Å². The van der Waals surface area contributed by atoms with Crippen molar-refractivity contribution in [2.75, 3.05) is 7.11 Å². The lowest BCUT2D eigenvalue weighted by Crippen LogP contribution is -2.03. The van der Waals surface area contributed by atoms with Crippen LogP contribution in [0.2, 0.25) is 0 Å². The van der Waals surface area contributed by atoms with E-state index in [4.69, 9.17) is 5.73 Å². The van der Waals surface area contributed by atoms with Gasteiger partial charge < -0.3 is 10.5 Å². The third-order valence-electron chi connectivity index (χ3n) is 1.93. The van der Waals surface area contributed by atoms with Crippen molar-refractivity contribution in [1.82, 2.24) is 0 Å². The predicted octanol–water partition coefficient (Wildman–Crippen LogP) is 1.73. The van der Waals surface area contributed by atoms with Gasteiger partial charge in [-0.05, 0) is 24.9 Å². The molecular weight excluding hydrogens is 192 g/mol. The van der Waals surface area contributed by atoms with E-state index in [-0.39, 0.29) is 0 Å². The van der Waals surface area contributed by atoms with Gasteiger partial charge in [-0.15, -0.1) is 0 Å². The molecule has 0 saturated carbocycles. The van der Waals surface area contributed by atoms with Crippen LogP contribution in [0, 0.1) is 0 Å². The zero-order valence-corrected chi connectivity index (χ0v) is 8.49. The van der Waals surface area contributed by atoms with E-state index < -0.39 is 5.97 Å².